The number of carboxylic acids is 1. The molecule has 1 saturated heterocycles. The van der Waals surface area contributed by atoms with Crippen molar-refractivity contribution in [3.8, 4) is 0 Å². The van der Waals surface area contributed by atoms with Gasteiger partial charge in [-0.15, -0.1) is 24.8 Å². The zero-order valence-electron chi connectivity index (χ0n) is 9.13. The average molecular weight is 275 g/mol. The summed E-state index contributed by atoms with van der Waals surface area (Å²) in [5, 5.41) is 8.48. The van der Waals surface area contributed by atoms with E-state index in [0.29, 0.717) is 6.42 Å². The number of hydrogen-bond acceptors (Lipinski definition) is 4. The van der Waals surface area contributed by atoms with Crippen LogP contribution in [0.3, 0.4) is 0 Å². The van der Waals surface area contributed by atoms with Gasteiger partial charge in [-0.2, -0.15) is 0 Å². The number of aliphatic carboxylic acids is 1. The molecular weight excluding hydrogens is 255 g/mol. The Bertz CT molecular complexity index is 190. The summed E-state index contributed by atoms with van der Waals surface area (Å²) in [6, 6.07) is -0.0378. The molecule has 0 amide bonds. The quantitative estimate of drug-likeness (QED) is 0.757. The van der Waals surface area contributed by atoms with E-state index in [9.17, 15) is 4.79 Å². The summed E-state index contributed by atoms with van der Waals surface area (Å²) in [6.07, 6.45) is 0.707. The predicted octanol–water partition coefficient (Wildman–Crippen LogP) is 0.354. The highest BCUT2D eigenvalue weighted by Crippen LogP contribution is 2.01. The van der Waals surface area contributed by atoms with Crippen molar-refractivity contribution in [2.45, 2.75) is 18.9 Å². The van der Waals surface area contributed by atoms with Crippen molar-refractivity contribution >= 4 is 30.8 Å². The standard InChI is InChI=1S/C9H18N2O3.2ClH/c10-8(1-2-9(12)13)7-11-3-5-14-6-4-11;;/h8H,1-7,10H2,(H,12,13);2*1H. The number of carboxylic acid groups (broad SMARTS) is 1. The highest BCUT2D eigenvalue weighted by atomic mass is 35.5. The van der Waals surface area contributed by atoms with E-state index in [1.165, 1.54) is 0 Å². The fourth-order valence-electron chi connectivity index (χ4n) is 1.52. The summed E-state index contributed by atoms with van der Waals surface area (Å²) in [5.74, 6) is -0.776. The zero-order chi connectivity index (χ0) is 10.4. The van der Waals surface area contributed by atoms with Gasteiger partial charge in [0, 0.05) is 32.1 Å². The van der Waals surface area contributed by atoms with E-state index in [2.05, 4.69) is 4.90 Å². The molecule has 1 rings (SSSR count). The smallest absolute Gasteiger partial charge is 0.303 e. The molecule has 1 heterocycles. The normalized spacial score (nSPS) is 18.1. The lowest BCUT2D eigenvalue weighted by atomic mass is 10.1. The van der Waals surface area contributed by atoms with Crippen LogP contribution in [0.15, 0.2) is 0 Å². The van der Waals surface area contributed by atoms with Gasteiger partial charge in [0.25, 0.3) is 0 Å². The maximum absolute atomic E-state index is 10.3. The molecule has 1 aliphatic rings. The van der Waals surface area contributed by atoms with Crippen LogP contribution in [0.1, 0.15) is 12.8 Å². The second kappa shape index (κ2) is 10.1. The van der Waals surface area contributed by atoms with E-state index in [-0.39, 0.29) is 37.3 Å². The minimum Gasteiger partial charge on any atom is -0.481 e. The Morgan fingerprint density at radius 2 is 1.94 bits per heavy atom. The Hall–Kier alpha value is -0.0700. The van der Waals surface area contributed by atoms with E-state index in [0.717, 1.165) is 32.8 Å². The third kappa shape index (κ3) is 8.13. The Balaban J connectivity index is 0. The SMILES string of the molecule is Cl.Cl.NC(CCC(=O)O)CN1CCOCC1. The second-order valence-corrected chi connectivity index (χ2v) is 3.61. The van der Waals surface area contributed by atoms with E-state index >= 15 is 0 Å². The number of ether oxygens (including phenoxy) is 1. The summed E-state index contributed by atoms with van der Waals surface area (Å²) in [4.78, 5) is 12.5. The van der Waals surface area contributed by atoms with Crippen LogP contribution in [0.2, 0.25) is 0 Å². The van der Waals surface area contributed by atoms with Crippen LogP contribution in [0.5, 0.6) is 0 Å². The maximum Gasteiger partial charge on any atom is 0.303 e. The van der Waals surface area contributed by atoms with Crippen molar-refractivity contribution in [1.29, 1.82) is 0 Å². The second-order valence-electron chi connectivity index (χ2n) is 3.61. The molecule has 1 atom stereocenters. The van der Waals surface area contributed by atoms with Gasteiger partial charge in [-0.3, -0.25) is 9.69 Å². The van der Waals surface area contributed by atoms with Crippen molar-refractivity contribution in [2.75, 3.05) is 32.8 Å². The molecule has 0 radical (unpaired) electrons. The van der Waals surface area contributed by atoms with Crippen LogP contribution in [0.25, 0.3) is 0 Å². The molecule has 0 aliphatic carbocycles. The molecule has 0 saturated carbocycles. The highest BCUT2D eigenvalue weighted by molar-refractivity contribution is 5.85. The predicted molar refractivity (Wildman–Crippen MR) is 66.6 cm³/mol. The lowest BCUT2D eigenvalue weighted by Gasteiger charge is -2.28. The number of carbonyl (C=O) groups is 1. The molecule has 1 fully saturated rings. The van der Waals surface area contributed by atoms with Crippen molar-refractivity contribution in [3.05, 3.63) is 0 Å². The first kappa shape index (κ1) is 18.3. The minimum absolute atomic E-state index is 0. The van der Waals surface area contributed by atoms with Crippen LogP contribution in [-0.4, -0.2) is 54.9 Å². The molecule has 0 spiro atoms. The number of rotatable bonds is 5. The summed E-state index contributed by atoms with van der Waals surface area (Å²) < 4.78 is 5.20. The molecule has 0 aromatic carbocycles. The van der Waals surface area contributed by atoms with Gasteiger partial charge in [-0.1, -0.05) is 0 Å². The van der Waals surface area contributed by atoms with E-state index in [1.54, 1.807) is 0 Å². The molecule has 98 valence electrons. The van der Waals surface area contributed by atoms with Crippen molar-refractivity contribution in [1.82, 2.24) is 4.90 Å². The van der Waals surface area contributed by atoms with E-state index < -0.39 is 5.97 Å². The van der Waals surface area contributed by atoms with E-state index in [4.69, 9.17) is 15.6 Å². The molecule has 1 aliphatic heterocycles. The molecule has 0 aromatic rings. The molecule has 0 aromatic heterocycles. The van der Waals surface area contributed by atoms with Crippen molar-refractivity contribution in [2.24, 2.45) is 5.73 Å². The summed E-state index contributed by atoms with van der Waals surface area (Å²) in [5.41, 5.74) is 5.81. The lowest BCUT2D eigenvalue weighted by molar-refractivity contribution is -0.137. The number of nitrogens with two attached hydrogens (primary N) is 1. The first-order valence-corrected chi connectivity index (χ1v) is 4.96. The van der Waals surface area contributed by atoms with Gasteiger partial charge < -0.3 is 15.6 Å². The van der Waals surface area contributed by atoms with Gasteiger partial charge in [-0.25, -0.2) is 0 Å². The number of nitrogens with zero attached hydrogens (tertiary/aromatic N) is 1. The number of hydrogen-bond donors (Lipinski definition) is 2. The van der Waals surface area contributed by atoms with Crippen molar-refractivity contribution in [3.63, 3.8) is 0 Å². The van der Waals surface area contributed by atoms with Gasteiger partial charge in [0.15, 0.2) is 0 Å². The Morgan fingerprint density at radius 3 is 2.44 bits per heavy atom. The largest absolute Gasteiger partial charge is 0.481 e. The fraction of sp³-hybridized carbons (Fsp3) is 0.889. The molecule has 7 heteroatoms. The zero-order valence-corrected chi connectivity index (χ0v) is 10.8. The molecule has 5 nitrogen and oxygen atoms in total. The first-order valence-electron chi connectivity index (χ1n) is 4.96. The van der Waals surface area contributed by atoms with Crippen LogP contribution in [0, 0.1) is 0 Å². The fourth-order valence-corrected chi connectivity index (χ4v) is 1.52. The average Bonchev–Trinajstić information content (AvgIpc) is 2.16. The summed E-state index contributed by atoms with van der Waals surface area (Å²) >= 11 is 0. The van der Waals surface area contributed by atoms with Gasteiger partial charge in [-0.05, 0) is 6.42 Å². The first-order chi connectivity index (χ1) is 6.68. The lowest BCUT2D eigenvalue weighted by Crippen LogP contribution is -2.43. The molecule has 0 bridgehead atoms. The van der Waals surface area contributed by atoms with Crippen LogP contribution in [-0.2, 0) is 9.53 Å². The Kier molecular flexibility index (Phi) is 11.6. The third-order valence-electron chi connectivity index (χ3n) is 2.33. The van der Waals surface area contributed by atoms with E-state index in [1.807, 2.05) is 0 Å². The minimum atomic E-state index is -0.776. The van der Waals surface area contributed by atoms with Crippen LogP contribution < -0.4 is 5.73 Å². The van der Waals surface area contributed by atoms with Gasteiger partial charge in [0.05, 0.1) is 13.2 Å². The van der Waals surface area contributed by atoms with Gasteiger partial charge in [0.2, 0.25) is 0 Å². The summed E-state index contributed by atoms with van der Waals surface area (Å²) in [7, 11) is 0. The van der Waals surface area contributed by atoms with Crippen molar-refractivity contribution < 1.29 is 14.6 Å². The molecule has 16 heavy (non-hydrogen) atoms. The van der Waals surface area contributed by atoms with Crippen LogP contribution >= 0.6 is 24.8 Å². The molecule has 1 unspecified atom stereocenters. The highest BCUT2D eigenvalue weighted by Gasteiger charge is 2.14. The molecular formula is C9H20Cl2N2O3. The number of morpholine rings is 1. The third-order valence-corrected chi connectivity index (χ3v) is 2.33. The Labute approximate surface area is 108 Å². The topological polar surface area (TPSA) is 75.8 Å². The maximum atomic E-state index is 10.3. The molecule has 3 N–H and O–H groups in total. The van der Waals surface area contributed by atoms with Gasteiger partial charge >= 0.3 is 5.97 Å². The van der Waals surface area contributed by atoms with Gasteiger partial charge in [0.1, 0.15) is 0 Å². The number of halogens is 2. The Morgan fingerprint density at radius 1 is 1.38 bits per heavy atom. The summed E-state index contributed by atoms with van der Waals surface area (Å²) in [6.45, 7) is 4.09. The monoisotopic (exact) mass is 274 g/mol. The van der Waals surface area contributed by atoms with Crippen LogP contribution in [0.4, 0.5) is 0 Å².